The van der Waals surface area contributed by atoms with Crippen molar-refractivity contribution in [1.29, 1.82) is 0 Å². The molecule has 0 aromatic heterocycles. The number of benzene rings is 3. The summed E-state index contributed by atoms with van der Waals surface area (Å²) in [5.41, 5.74) is 2.59. The van der Waals surface area contributed by atoms with E-state index in [1.807, 2.05) is 60.7 Å². The van der Waals surface area contributed by atoms with Crippen LogP contribution in [-0.2, 0) is 11.3 Å². The molecule has 1 amide bonds. The highest BCUT2D eigenvalue weighted by atomic mass is 35.5. The molecule has 7 heteroatoms. The summed E-state index contributed by atoms with van der Waals surface area (Å²) in [6, 6.07) is 20.7. The van der Waals surface area contributed by atoms with E-state index >= 15 is 0 Å². The van der Waals surface area contributed by atoms with Crippen LogP contribution in [0.3, 0.4) is 0 Å². The summed E-state index contributed by atoms with van der Waals surface area (Å²) >= 11 is 12.1. The number of fused-ring (bicyclic) bond motifs is 1. The van der Waals surface area contributed by atoms with E-state index in [9.17, 15) is 4.79 Å². The van der Waals surface area contributed by atoms with Gasteiger partial charge in [-0.25, -0.2) is 0 Å². The third-order valence-electron chi connectivity index (χ3n) is 4.71. The van der Waals surface area contributed by atoms with Crippen molar-refractivity contribution in [2.24, 2.45) is 0 Å². The fraction of sp³-hybridized carbons (Fsp3) is 0.174. The Labute approximate surface area is 185 Å². The van der Waals surface area contributed by atoms with Crippen molar-refractivity contribution in [2.45, 2.75) is 6.54 Å². The average molecular weight is 443 g/mol. The molecule has 30 heavy (non-hydrogen) atoms. The van der Waals surface area contributed by atoms with Crippen LogP contribution in [0.4, 0.5) is 11.4 Å². The fourth-order valence-corrected chi connectivity index (χ4v) is 3.50. The number of ether oxygens (including phenoxy) is 2. The van der Waals surface area contributed by atoms with Crippen molar-refractivity contribution in [3.63, 3.8) is 0 Å². The van der Waals surface area contributed by atoms with Gasteiger partial charge in [0.1, 0.15) is 18.1 Å². The Bertz CT molecular complexity index is 1040. The highest BCUT2D eigenvalue weighted by Gasteiger charge is 2.25. The Kier molecular flexibility index (Phi) is 6.31. The smallest absolute Gasteiger partial charge is 0.265 e. The van der Waals surface area contributed by atoms with Crippen LogP contribution < -0.4 is 19.7 Å². The molecule has 0 saturated heterocycles. The minimum absolute atomic E-state index is 0.0222. The fourth-order valence-electron chi connectivity index (χ4n) is 3.18. The average Bonchev–Trinajstić information content (AvgIpc) is 2.77. The first kappa shape index (κ1) is 20.4. The highest BCUT2D eigenvalue weighted by Crippen LogP contribution is 2.34. The van der Waals surface area contributed by atoms with Crippen molar-refractivity contribution < 1.29 is 14.3 Å². The van der Waals surface area contributed by atoms with Crippen LogP contribution >= 0.6 is 23.2 Å². The van der Waals surface area contributed by atoms with Gasteiger partial charge in [-0.1, -0.05) is 47.5 Å². The molecule has 0 fully saturated rings. The van der Waals surface area contributed by atoms with Gasteiger partial charge in [-0.3, -0.25) is 4.79 Å². The van der Waals surface area contributed by atoms with Crippen LogP contribution in [0.1, 0.15) is 5.56 Å². The maximum Gasteiger partial charge on any atom is 0.265 e. The molecule has 0 saturated carbocycles. The van der Waals surface area contributed by atoms with E-state index in [1.54, 1.807) is 11.0 Å². The first-order valence-electron chi connectivity index (χ1n) is 9.53. The molecule has 0 spiro atoms. The first-order chi connectivity index (χ1) is 14.6. The Hall–Kier alpha value is -2.89. The van der Waals surface area contributed by atoms with Crippen molar-refractivity contribution >= 4 is 40.5 Å². The minimum atomic E-state index is -0.0965. The summed E-state index contributed by atoms with van der Waals surface area (Å²) in [6.07, 6.45) is 0. The predicted molar refractivity (Wildman–Crippen MR) is 120 cm³/mol. The summed E-state index contributed by atoms with van der Waals surface area (Å²) in [6.45, 7) is 1.41. The lowest BCUT2D eigenvalue weighted by atomic mass is 10.2. The number of carbonyl (C=O) groups is 1. The van der Waals surface area contributed by atoms with Crippen LogP contribution in [-0.4, -0.2) is 25.7 Å². The predicted octanol–water partition coefficient (Wildman–Crippen LogP) is 5.41. The van der Waals surface area contributed by atoms with Gasteiger partial charge in [0, 0.05) is 12.2 Å². The molecule has 0 atom stereocenters. The van der Waals surface area contributed by atoms with Crippen molar-refractivity contribution in [1.82, 2.24) is 0 Å². The van der Waals surface area contributed by atoms with Gasteiger partial charge in [0.15, 0.2) is 6.61 Å². The third-order valence-corrected chi connectivity index (χ3v) is 5.45. The number of hydrogen-bond acceptors (Lipinski definition) is 4. The summed E-state index contributed by atoms with van der Waals surface area (Å²) in [4.78, 5) is 14.2. The second-order valence-electron chi connectivity index (χ2n) is 6.78. The van der Waals surface area contributed by atoms with Gasteiger partial charge < -0.3 is 19.7 Å². The maximum absolute atomic E-state index is 12.5. The molecule has 5 nitrogen and oxygen atoms in total. The van der Waals surface area contributed by atoms with E-state index in [-0.39, 0.29) is 12.5 Å². The van der Waals surface area contributed by atoms with Crippen molar-refractivity contribution in [3.05, 3.63) is 82.3 Å². The molecule has 0 aliphatic carbocycles. The van der Waals surface area contributed by atoms with Crippen LogP contribution in [0.2, 0.25) is 10.0 Å². The lowest BCUT2D eigenvalue weighted by Crippen LogP contribution is -2.41. The third kappa shape index (κ3) is 4.81. The van der Waals surface area contributed by atoms with Gasteiger partial charge in [-0.2, -0.15) is 0 Å². The summed E-state index contributed by atoms with van der Waals surface area (Å²) in [7, 11) is 0. The van der Waals surface area contributed by atoms with Crippen LogP contribution in [0, 0.1) is 0 Å². The van der Waals surface area contributed by atoms with Crippen LogP contribution in [0.25, 0.3) is 0 Å². The Morgan fingerprint density at radius 1 is 1.00 bits per heavy atom. The zero-order valence-electron chi connectivity index (χ0n) is 16.1. The van der Waals surface area contributed by atoms with Crippen molar-refractivity contribution in [2.75, 3.05) is 30.0 Å². The zero-order valence-corrected chi connectivity index (χ0v) is 17.6. The Morgan fingerprint density at radius 2 is 1.83 bits per heavy atom. The number of rotatable bonds is 7. The van der Waals surface area contributed by atoms with E-state index < -0.39 is 0 Å². The molecular formula is C23H20Cl2N2O3. The van der Waals surface area contributed by atoms with E-state index in [1.165, 1.54) is 0 Å². The summed E-state index contributed by atoms with van der Waals surface area (Å²) in [5, 5.41) is 4.39. The first-order valence-corrected chi connectivity index (χ1v) is 10.3. The quantitative estimate of drug-likeness (QED) is 0.531. The standard InChI is InChI=1S/C23H20Cl2N2O3/c24-19-8-6-16(12-20(19)25)14-26-17-7-9-22-21(13-17)27(23(28)15-30-22)10-11-29-18-4-2-1-3-5-18/h1-9,12-13,26H,10-11,14-15H2. The second-order valence-corrected chi connectivity index (χ2v) is 7.59. The van der Waals surface area contributed by atoms with Gasteiger partial charge in [0.05, 0.1) is 22.3 Å². The molecule has 1 N–H and O–H groups in total. The van der Waals surface area contributed by atoms with E-state index in [0.717, 1.165) is 22.7 Å². The van der Waals surface area contributed by atoms with Gasteiger partial charge in [0.25, 0.3) is 5.91 Å². The molecule has 154 valence electrons. The largest absolute Gasteiger partial charge is 0.492 e. The van der Waals surface area contributed by atoms with E-state index in [0.29, 0.717) is 35.5 Å². The monoisotopic (exact) mass is 442 g/mol. The van der Waals surface area contributed by atoms with Gasteiger partial charge >= 0.3 is 0 Å². The van der Waals surface area contributed by atoms with E-state index in [4.69, 9.17) is 32.7 Å². The number of nitrogens with zero attached hydrogens (tertiary/aromatic N) is 1. The number of hydrogen-bond donors (Lipinski definition) is 1. The maximum atomic E-state index is 12.5. The zero-order chi connectivity index (χ0) is 20.9. The molecule has 3 aromatic rings. The number of carbonyl (C=O) groups excluding carboxylic acids is 1. The van der Waals surface area contributed by atoms with Crippen LogP contribution in [0.15, 0.2) is 66.7 Å². The number of halogens is 2. The number of amides is 1. The Balaban J connectivity index is 1.44. The molecular weight excluding hydrogens is 423 g/mol. The normalized spacial score (nSPS) is 12.9. The molecule has 0 bridgehead atoms. The number of para-hydroxylation sites is 1. The molecule has 4 rings (SSSR count). The second kappa shape index (κ2) is 9.28. The van der Waals surface area contributed by atoms with Crippen LogP contribution in [0.5, 0.6) is 11.5 Å². The lowest BCUT2D eigenvalue weighted by molar-refractivity contribution is -0.121. The Morgan fingerprint density at radius 3 is 2.63 bits per heavy atom. The minimum Gasteiger partial charge on any atom is -0.492 e. The highest BCUT2D eigenvalue weighted by molar-refractivity contribution is 6.42. The molecule has 3 aromatic carbocycles. The number of nitrogens with one attached hydrogen (secondary N) is 1. The lowest BCUT2D eigenvalue weighted by Gasteiger charge is -2.29. The summed E-state index contributed by atoms with van der Waals surface area (Å²) in [5.74, 6) is 1.35. The van der Waals surface area contributed by atoms with E-state index in [2.05, 4.69) is 5.32 Å². The molecule has 1 heterocycles. The molecule has 0 radical (unpaired) electrons. The SMILES string of the molecule is O=C1COc2ccc(NCc3ccc(Cl)c(Cl)c3)cc2N1CCOc1ccccc1. The molecule has 0 unspecified atom stereocenters. The summed E-state index contributed by atoms with van der Waals surface area (Å²) < 4.78 is 11.3. The van der Waals surface area contributed by atoms with Crippen molar-refractivity contribution in [3.8, 4) is 11.5 Å². The molecule has 1 aliphatic rings. The van der Waals surface area contributed by atoms with Gasteiger partial charge in [0.2, 0.25) is 0 Å². The van der Waals surface area contributed by atoms with Gasteiger partial charge in [-0.15, -0.1) is 0 Å². The molecule has 1 aliphatic heterocycles. The topological polar surface area (TPSA) is 50.8 Å². The van der Waals surface area contributed by atoms with Gasteiger partial charge in [-0.05, 0) is 48.0 Å². The number of anilines is 2.